The SMILES string of the molecule is C=CCNC(=O)OC1CC2C=CC1(CC=C)C2. The normalized spacial score (nSPS) is 33.4. The number of hydrogen-bond acceptors (Lipinski definition) is 2. The summed E-state index contributed by atoms with van der Waals surface area (Å²) in [6.45, 7) is 7.79. The second-order valence-corrected chi connectivity index (χ2v) is 4.85. The van der Waals surface area contributed by atoms with Crippen LogP contribution in [0.15, 0.2) is 37.5 Å². The molecule has 0 aromatic carbocycles. The predicted octanol–water partition coefficient (Wildman–Crippen LogP) is 2.81. The summed E-state index contributed by atoms with van der Waals surface area (Å²) in [5, 5.41) is 2.65. The standard InChI is InChI=1S/C14H19NO2/c1-3-6-14-7-5-11(10-14)9-12(14)17-13(16)15-8-4-2/h3-5,7,11-12H,1-2,6,8-10H2,(H,15,16). The fraction of sp³-hybridized carbons (Fsp3) is 0.500. The Morgan fingerprint density at radius 1 is 1.53 bits per heavy atom. The first-order chi connectivity index (χ1) is 8.20. The van der Waals surface area contributed by atoms with Crippen LogP contribution in [0.4, 0.5) is 4.79 Å². The van der Waals surface area contributed by atoms with E-state index in [1.165, 1.54) is 0 Å². The van der Waals surface area contributed by atoms with Crippen LogP contribution in [-0.2, 0) is 4.74 Å². The van der Waals surface area contributed by atoms with E-state index in [1.807, 2.05) is 6.08 Å². The zero-order valence-corrected chi connectivity index (χ0v) is 10.0. The molecular formula is C14H19NO2. The van der Waals surface area contributed by atoms with E-state index in [1.54, 1.807) is 6.08 Å². The van der Waals surface area contributed by atoms with Crippen LogP contribution in [0.3, 0.4) is 0 Å². The Hall–Kier alpha value is -1.51. The largest absolute Gasteiger partial charge is 0.445 e. The van der Waals surface area contributed by atoms with Gasteiger partial charge in [-0.2, -0.15) is 0 Å². The number of nitrogens with one attached hydrogen (secondary N) is 1. The van der Waals surface area contributed by atoms with E-state index in [9.17, 15) is 4.79 Å². The van der Waals surface area contributed by atoms with Crippen LogP contribution in [0, 0.1) is 11.3 Å². The molecule has 3 atom stereocenters. The van der Waals surface area contributed by atoms with Crippen molar-refractivity contribution < 1.29 is 9.53 Å². The first-order valence-electron chi connectivity index (χ1n) is 6.06. The van der Waals surface area contributed by atoms with E-state index >= 15 is 0 Å². The monoisotopic (exact) mass is 233 g/mol. The highest BCUT2D eigenvalue weighted by atomic mass is 16.6. The Bertz CT molecular complexity index is 361. The van der Waals surface area contributed by atoms with Gasteiger partial charge in [0.1, 0.15) is 6.10 Å². The summed E-state index contributed by atoms with van der Waals surface area (Å²) < 4.78 is 5.51. The van der Waals surface area contributed by atoms with Gasteiger partial charge in [0.2, 0.25) is 0 Å². The van der Waals surface area contributed by atoms with Crippen LogP contribution in [0.5, 0.6) is 0 Å². The third kappa shape index (κ3) is 2.28. The third-order valence-electron chi connectivity index (χ3n) is 3.67. The Morgan fingerprint density at radius 3 is 3.00 bits per heavy atom. The van der Waals surface area contributed by atoms with Gasteiger partial charge in [-0.25, -0.2) is 4.79 Å². The Kier molecular flexibility index (Phi) is 3.36. The van der Waals surface area contributed by atoms with E-state index in [4.69, 9.17) is 4.74 Å². The number of fused-ring (bicyclic) bond motifs is 2. The lowest BCUT2D eigenvalue weighted by Gasteiger charge is -2.30. The molecule has 1 amide bonds. The van der Waals surface area contributed by atoms with E-state index < -0.39 is 0 Å². The van der Waals surface area contributed by atoms with Gasteiger partial charge in [-0.15, -0.1) is 13.2 Å². The number of carbonyl (C=O) groups excluding carboxylic acids is 1. The minimum Gasteiger partial charge on any atom is -0.445 e. The highest BCUT2D eigenvalue weighted by Crippen LogP contribution is 2.52. The summed E-state index contributed by atoms with van der Waals surface area (Å²) in [7, 11) is 0. The summed E-state index contributed by atoms with van der Waals surface area (Å²) in [5.41, 5.74) is -0.00205. The molecule has 0 aromatic heterocycles. The van der Waals surface area contributed by atoms with Crippen molar-refractivity contribution in [1.29, 1.82) is 0 Å². The quantitative estimate of drug-likeness (QED) is 0.741. The summed E-state index contributed by atoms with van der Waals surface area (Å²) >= 11 is 0. The van der Waals surface area contributed by atoms with E-state index in [0.29, 0.717) is 12.5 Å². The van der Waals surface area contributed by atoms with Crippen LogP contribution in [0.25, 0.3) is 0 Å². The molecule has 0 radical (unpaired) electrons. The number of carbonyl (C=O) groups is 1. The smallest absolute Gasteiger partial charge is 0.407 e. The highest BCUT2D eigenvalue weighted by molar-refractivity contribution is 5.67. The lowest BCUT2D eigenvalue weighted by Crippen LogP contribution is -2.36. The van der Waals surface area contributed by atoms with Crippen molar-refractivity contribution in [1.82, 2.24) is 5.32 Å². The number of ether oxygens (including phenoxy) is 1. The van der Waals surface area contributed by atoms with Crippen LogP contribution >= 0.6 is 0 Å². The average molecular weight is 233 g/mol. The molecule has 0 spiro atoms. The van der Waals surface area contributed by atoms with Gasteiger partial charge >= 0.3 is 6.09 Å². The maximum atomic E-state index is 11.5. The summed E-state index contributed by atoms with van der Waals surface area (Å²) in [6.07, 6.45) is 10.5. The Labute approximate surface area is 102 Å². The van der Waals surface area contributed by atoms with Gasteiger partial charge in [-0.3, -0.25) is 0 Å². The van der Waals surface area contributed by atoms with Crippen molar-refractivity contribution in [3.05, 3.63) is 37.5 Å². The van der Waals surface area contributed by atoms with Gasteiger partial charge in [-0.05, 0) is 25.2 Å². The maximum absolute atomic E-state index is 11.5. The van der Waals surface area contributed by atoms with Crippen molar-refractivity contribution in [3.8, 4) is 0 Å². The molecule has 2 aliphatic rings. The molecule has 3 nitrogen and oxygen atoms in total. The number of alkyl carbamates (subject to hydrolysis) is 1. The molecule has 2 rings (SSSR count). The Morgan fingerprint density at radius 2 is 2.35 bits per heavy atom. The van der Waals surface area contributed by atoms with Gasteiger partial charge < -0.3 is 10.1 Å². The van der Waals surface area contributed by atoms with Crippen molar-refractivity contribution >= 4 is 6.09 Å². The van der Waals surface area contributed by atoms with E-state index in [2.05, 4.69) is 30.6 Å². The molecule has 0 aromatic rings. The molecule has 3 unspecified atom stereocenters. The minimum absolute atomic E-state index is 0.00205. The molecule has 1 fully saturated rings. The first-order valence-corrected chi connectivity index (χ1v) is 6.06. The predicted molar refractivity (Wildman–Crippen MR) is 67.6 cm³/mol. The molecule has 0 saturated heterocycles. The molecule has 92 valence electrons. The fourth-order valence-electron chi connectivity index (χ4n) is 2.91. The molecule has 0 heterocycles. The summed E-state index contributed by atoms with van der Waals surface area (Å²) in [5.74, 6) is 0.562. The number of amides is 1. The van der Waals surface area contributed by atoms with Gasteiger partial charge in [0.15, 0.2) is 0 Å². The van der Waals surface area contributed by atoms with Gasteiger partial charge in [-0.1, -0.05) is 24.3 Å². The first kappa shape index (κ1) is 12.0. The van der Waals surface area contributed by atoms with Gasteiger partial charge in [0.05, 0.1) is 0 Å². The zero-order chi connectivity index (χ0) is 12.3. The number of hydrogen-bond donors (Lipinski definition) is 1. The van der Waals surface area contributed by atoms with Crippen molar-refractivity contribution in [3.63, 3.8) is 0 Å². The summed E-state index contributed by atoms with van der Waals surface area (Å²) in [6, 6.07) is 0. The van der Waals surface area contributed by atoms with Gasteiger partial charge in [0, 0.05) is 12.0 Å². The average Bonchev–Trinajstić information content (AvgIpc) is 2.84. The van der Waals surface area contributed by atoms with Crippen LogP contribution in [0.2, 0.25) is 0 Å². The fourth-order valence-corrected chi connectivity index (χ4v) is 2.91. The number of rotatable bonds is 5. The van der Waals surface area contributed by atoms with Gasteiger partial charge in [0.25, 0.3) is 0 Å². The lowest BCUT2D eigenvalue weighted by atomic mass is 9.82. The maximum Gasteiger partial charge on any atom is 0.407 e. The van der Waals surface area contributed by atoms with Crippen molar-refractivity contribution in [2.45, 2.75) is 25.4 Å². The van der Waals surface area contributed by atoms with E-state index in [-0.39, 0.29) is 17.6 Å². The van der Waals surface area contributed by atoms with Crippen LogP contribution < -0.4 is 5.32 Å². The Balaban J connectivity index is 1.97. The molecule has 1 N–H and O–H groups in total. The van der Waals surface area contributed by atoms with E-state index in [0.717, 1.165) is 19.3 Å². The molecule has 0 aliphatic heterocycles. The van der Waals surface area contributed by atoms with Crippen LogP contribution in [0.1, 0.15) is 19.3 Å². The lowest BCUT2D eigenvalue weighted by molar-refractivity contribution is 0.0483. The third-order valence-corrected chi connectivity index (χ3v) is 3.67. The van der Waals surface area contributed by atoms with Crippen LogP contribution in [-0.4, -0.2) is 18.7 Å². The van der Waals surface area contributed by atoms with Crippen molar-refractivity contribution in [2.75, 3.05) is 6.54 Å². The number of allylic oxidation sites excluding steroid dienone is 2. The highest BCUT2D eigenvalue weighted by Gasteiger charge is 2.49. The molecule has 17 heavy (non-hydrogen) atoms. The molecule has 2 aliphatic carbocycles. The molecule has 3 heteroatoms. The molecule has 2 bridgehead atoms. The minimum atomic E-state index is -0.348. The molecule has 1 saturated carbocycles. The zero-order valence-electron chi connectivity index (χ0n) is 10.0. The second kappa shape index (κ2) is 4.78. The molecular weight excluding hydrogens is 214 g/mol. The topological polar surface area (TPSA) is 38.3 Å². The second-order valence-electron chi connectivity index (χ2n) is 4.85. The van der Waals surface area contributed by atoms with Crippen molar-refractivity contribution in [2.24, 2.45) is 11.3 Å². The summed E-state index contributed by atoms with van der Waals surface area (Å²) in [4.78, 5) is 11.5.